The summed E-state index contributed by atoms with van der Waals surface area (Å²) in [6.07, 6.45) is 0. The minimum Gasteiger partial charge on any atom is -0.468 e. The molecule has 0 heterocycles. The van der Waals surface area contributed by atoms with Crippen LogP contribution in [0.2, 0.25) is 0 Å². The van der Waals surface area contributed by atoms with Crippen molar-refractivity contribution >= 4 is 27.8 Å². The maximum absolute atomic E-state index is 13.0. The van der Waals surface area contributed by atoms with E-state index < -0.39 is 17.7 Å². The van der Waals surface area contributed by atoms with Crippen LogP contribution in [-0.2, 0) is 9.53 Å². The van der Waals surface area contributed by atoms with Gasteiger partial charge in [-0.25, -0.2) is 4.39 Å². The number of carbonyl (C=O) groups is 2. The summed E-state index contributed by atoms with van der Waals surface area (Å²) >= 11 is 3.15. The van der Waals surface area contributed by atoms with Gasteiger partial charge in [-0.1, -0.05) is 0 Å². The molecule has 1 aromatic carbocycles. The summed E-state index contributed by atoms with van der Waals surface area (Å²) < 4.78 is 17.9. The summed E-state index contributed by atoms with van der Waals surface area (Å²) in [4.78, 5) is 24.1. The molecule has 0 saturated heterocycles. The van der Waals surface area contributed by atoms with Crippen LogP contribution in [0.4, 0.5) is 4.39 Å². The molecule has 4 nitrogen and oxygen atoms in total. The zero-order valence-corrected chi connectivity index (χ0v) is 11.0. The number of nitrogens with zero attached hydrogens (tertiary/aromatic N) is 1. The third-order valence-corrected chi connectivity index (χ3v) is 2.79. The molecule has 0 atom stereocenters. The van der Waals surface area contributed by atoms with E-state index in [0.29, 0.717) is 4.47 Å². The Morgan fingerprint density at radius 3 is 2.71 bits per heavy atom. The predicted octanol–water partition coefficient (Wildman–Crippen LogP) is 1.83. The smallest absolute Gasteiger partial charge is 0.325 e. The second-order valence-electron chi connectivity index (χ2n) is 3.36. The molecule has 0 aromatic heterocycles. The normalized spacial score (nSPS) is 9.88. The quantitative estimate of drug-likeness (QED) is 0.801. The summed E-state index contributed by atoms with van der Waals surface area (Å²) in [6, 6.07) is 3.79. The Labute approximate surface area is 106 Å². The van der Waals surface area contributed by atoms with Gasteiger partial charge in [-0.3, -0.25) is 9.59 Å². The number of hydrogen-bond acceptors (Lipinski definition) is 3. The van der Waals surface area contributed by atoms with Crippen LogP contribution in [0.1, 0.15) is 10.4 Å². The first-order valence-corrected chi connectivity index (χ1v) is 5.52. The van der Waals surface area contributed by atoms with E-state index in [2.05, 4.69) is 20.7 Å². The first-order chi connectivity index (χ1) is 7.95. The standard InChI is InChI=1S/C11H11BrFNO3/c1-14(6-10(15)17-2)11(16)8-5-7(13)3-4-9(8)12/h3-5H,6H2,1-2H3. The van der Waals surface area contributed by atoms with Crippen LogP contribution in [0.25, 0.3) is 0 Å². The van der Waals surface area contributed by atoms with Gasteiger partial charge in [0.25, 0.3) is 5.91 Å². The number of ether oxygens (including phenoxy) is 1. The average Bonchev–Trinajstić information content (AvgIpc) is 2.31. The lowest BCUT2D eigenvalue weighted by molar-refractivity contribution is -0.141. The van der Waals surface area contributed by atoms with Crippen LogP contribution in [0.3, 0.4) is 0 Å². The zero-order valence-electron chi connectivity index (χ0n) is 9.37. The molecule has 92 valence electrons. The molecule has 0 radical (unpaired) electrons. The molecular weight excluding hydrogens is 293 g/mol. The van der Waals surface area contributed by atoms with E-state index in [4.69, 9.17) is 0 Å². The van der Waals surface area contributed by atoms with Crippen LogP contribution in [-0.4, -0.2) is 37.5 Å². The van der Waals surface area contributed by atoms with Gasteiger partial charge in [0.2, 0.25) is 0 Å². The molecule has 0 aliphatic heterocycles. The van der Waals surface area contributed by atoms with Crippen molar-refractivity contribution in [3.05, 3.63) is 34.1 Å². The van der Waals surface area contributed by atoms with Gasteiger partial charge in [0.1, 0.15) is 12.4 Å². The number of rotatable bonds is 3. The van der Waals surface area contributed by atoms with E-state index >= 15 is 0 Å². The number of amides is 1. The summed E-state index contributed by atoms with van der Waals surface area (Å²) in [5.74, 6) is -1.50. The second kappa shape index (κ2) is 5.77. The second-order valence-corrected chi connectivity index (χ2v) is 4.22. The number of benzene rings is 1. The van der Waals surface area contributed by atoms with Gasteiger partial charge in [-0.05, 0) is 34.1 Å². The lowest BCUT2D eigenvalue weighted by Crippen LogP contribution is -2.32. The Balaban J connectivity index is 2.88. The zero-order chi connectivity index (χ0) is 13.0. The summed E-state index contributed by atoms with van der Waals surface area (Å²) in [5.41, 5.74) is 0.163. The SMILES string of the molecule is COC(=O)CN(C)C(=O)c1cc(F)ccc1Br. The Bertz CT molecular complexity index is 450. The average molecular weight is 304 g/mol. The molecule has 0 fully saturated rings. The highest BCUT2D eigenvalue weighted by atomic mass is 79.9. The van der Waals surface area contributed by atoms with E-state index in [1.165, 1.54) is 26.3 Å². The lowest BCUT2D eigenvalue weighted by atomic mass is 10.2. The topological polar surface area (TPSA) is 46.6 Å². The van der Waals surface area contributed by atoms with E-state index in [-0.39, 0.29) is 12.1 Å². The van der Waals surface area contributed by atoms with E-state index in [0.717, 1.165) is 11.0 Å². The van der Waals surface area contributed by atoms with Crippen molar-refractivity contribution in [3.63, 3.8) is 0 Å². The molecule has 1 rings (SSSR count). The Kier molecular flexibility index (Phi) is 4.62. The van der Waals surface area contributed by atoms with Crippen LogP contribution < -0.4 is 0 Å². The minimum atomic E-state index is -0.534. The molecule has 0 spiro atoms. The summed E-state index contributed by atoms with van der Waals surface area (Å²) in [7, 11) is 2.68. The van der Waals surface area contributed by atoms with Crippen molar-refractivity contribution in [2.24, 2.45) is 0 Å². The fraction of sp³-hybridized carbons (Fsp3) is 0.273. The molecule has 0 aliphatic rings. The first kappa shape index (κ1) is 13.6. The van der Waals surface area contributed by atoms with Gasteiger partial charge < -0.3 is 9.64 Å². The van der Waals surface area contributed by atoms with Crippen molar-refractivity contribution < 1.29 is 18.7 Å². The summed E-state index contributed by atoms with van der Waals surface area (Å²) in [6.45, 7) is -0.182. The number of likely N-dealkylation sites (N-methyl/N-ethyl adjacent to an activating group) is 1. The number of halogens is 2. The molecule has 0 saturated carbocycles. The highest BCUT2D eigenvalue weighted by molar-refractivity contribution is 9.10. The van der Waals surface area contributed by atoms with E-state index in [9.17, 15) is 14.0 Å². The maximum Gasteiger partial charge on any atom is 0.325 e. The Hall–Kier alpha value is -1.43. The molecule has 1 aromatic rings. The highest BCUT2D eigenvalue weighted by Gasteiger charge is 2.18. The Morgan fingerprint density at radius 1 is 1.47 bits per heavy atom. The molecular formula is C11H11BrFNO3. The molecule has 0 N–H and O–H groups in total. The van der Waals surface area contributed by atoms with Crippen molar-refractivity contribution in [3.8, 4) is 0 Å². The number of carbonyl (C=O) groups excluding carboxylic acids is 2. The van der Waals surface area contributed by atoms with Gasteiger partial charge in [-0.15, -0.1) is 0 Å². The van der Waals surface area contributed by atoms with Gasteiger partial charge in [0.15, 0.2) is 0 Å². The van der Waals surface area contributed by atoms with Crippen LogP contribution in [0, 0.1) is 5.82 Å². The molecule has 17 heavy (non-hydrogen) atoms. The highest BCUT2D eigenvalue weighted by Crippen LogP contribution is 2.19. The van der Waals surface area contributed by atoms with Gasteiger partial charge in [-0.2, -0.15) is 0 Å². The summed E-state index contributed by atoms with van der Waals surface area (Å²) in [5, 5.41) is 0. The minimum absolute atomic E-state index is 0.163. The van der Waals surface area contributed by atoms with Crippen molar-refractivity contribution in [2.75, 3.05) is 20.7 Å². The van der Waals surface area contributed by atoms with Crippen LogP contribution >= 0.6 is 15.9 Å². The van der Waals surface area contributed by atoms with Gasteiger partial charge in [0.05, 0.1) is 12.7 Å². The van der Waals surface area contributed by atoms with E-state index in [1.54, 1.807) is 0 Å². The third kappa shape index (κ3) is 3.52. The van der Waals surface area contributed by atoms with Gasteiger partial charge in [0, 0.05) is 11.5 Å². The molecule has 0 aliphatic carbocycles. The fourth-order valence-corrected chi connectivity index (χ4v) is 1.61. The molecule has 0 bridgehead atoms. The number of methoxy groups -OCH3 is 1. The van der Waals surface area contributed by atoms with Crippen molar-refractivity contribution in [1.82, 2.24) is 4.90 Å². The van der Waals surface area contributed by atoms with E-state index in [1.807, 2.05) is 0 Å². The molecule has 6 heteroatoms. The predicted molar refractivity (Wildman–Crippen MR) is 63.1 cm³/mol. The largest absolute Gasteiger partial charge is 0.468 e. The maximum atomic E-state index is 13.0. The molecule has 0 unspecified atom stereocenters. The number of esters is 1. The molecule has 1 amide bonds. The van der Waals surface area contributed by atoms with Crippen molar-refractivity contribution in [1.29, 1.82) is 0 Å². The third-order valence-electron chi connectivity index (χ3n) is 2.10. The van der Waals surface area contributed by atoms with Crippen LogP contribution in [0.15, 0.2) is 22.7 Å². The van der Waals surface area contributed by atoms with Gasteiger partial charge >= 0.3 is 5.97 Å². The Morgan fingerprint density at radius 2 is 2.12 bits per heavy atom. The van der Waals surface area contributed by atoms with Crippen molar-refractivity contribution in [2.45, 2.75) is 0 Å². The van der Waals surface area contributed by atoms with Crippen LogP contribution in [0.5, 0.6) is 0 Å². The lowest BCUT2D eigenvalue weighted by Gasteiger charge is -2.16. The monoisotopic (exact) mass is 303 g/mol. The first-order valence-electron chi connectivity index (χ1n) is 4.73. The number of hydrogen-bond donors (Lipinski definition) is 0. The fourth-order valence-electron chi connectivity index (χ4n) is 1.20.